The molecule has 1 aliphatic rings. The molecule has 3 rings (SSSR count). The van der Waals surface area contributed by atoms with Gasteiger partial charge in [-0.2, -0.15) is 0 Å². The molecule has 114 valence electrons. The van der Waals surface area contributed by atoms with E-state index in [9.17, 15) is 0 Å². The largest absolute Gasteiger partial charge is 0.488 e. The number of anilines is 2. The van der Waals surface area contributed by atoms with Crippen LogP contribution in [-0.4, -0.2) is 11.2 Å². The number of ether oxygens (including phenoxy) is 1. The van der Waals surface area contributed by atoms with Gasteiger partial charge in [0.1, 0.15) is 5.75 Å². The summed E-state index contributed by atoms with van der Waals surface area (Å²) in [6, 6.07) is 17.8. The molecule has 0 saturated heterocycles. The molecular weight excluding hydrogens is 292 g/mol. The highest BCUT2D eigenvalue weighted by Crippen LogP contribution is 2.29. The number of para-hydroxylation sites is 3. The lowest BCUT2D eigenvalue weighted by Crippen LogP contribution is -2.20. The molecule has 1 aliphatic carbocycles. The highest BCUT2D eigenvalue weighted by Gasteiger charge is 2.18. The van der Waals surface area contributed by atoms with E-state index in [0.29, 0.717) is 11.2 Å². The molecule has 1 fully saturated rings. The van der Waals surface area contributed by atoms with Crippen molar-refractivity contribution in [1.29, 1.82) is 0 Å². The standard InChI is InChI=1S/C18H20N2OS/c22-18(19-14-8-2-1-3-9-14)20-16-12-6-7-13-17(16)21-15-10-4-5-11-15/h1-3,6-9,12-13,15H,4-5,10-11H2,(H2,19,20,22). The number of nitrogens with one attached hydrogen (secondary N) is 2. The molecular formula is C18H20N2OS. The molecule has 0 amide bonds. The van der Waals surface area contributed by atoms with E-state index >= 15 is 0 Å². The van der Waals surface area contributed by atoms with Gasteiger partial charge in [0.15, 0.2) is 5.11 Å². The second-order valence-corrected chi connectivity index (χ2v) is 5.87. The van der Waals surface area contributed by atoms with Gasteiger partial charge in [0.05, 0.1) is 11.8 Å². The molecule has 0 unspecified atom stereocenters. The van der Waals surface area contributed by atoms with Crippen LogP contribution in [0.4, 0.5) is 11.4 Å². The van der Waals surface area contributed by atoms with E-state index in [4.69, 9.17) is 17.0 Å². The third-order valence-corrected chi connectivity index (χ3v) is 3.97. The SMILES string of the molecule is S=C(Nc1ccccc1)Nc1ccccc1OC1CCCC1. The van der Waals surface area contributed by atoms with Gasteiger partial charge in [-0.05, 0) is 62.2 Å². The van der Waals surface area contributed by atoms with E-state index in [1.165, 1.54) is 12.8 Å². The molecule has 3 nitrogen and oxygen atoms in total. The molecule has 2 aromatic carbocycles. The van der Waals surface area contributed by atoms with Gasteiger partial charge in [0, 0.05) is 5.69 Å². The summed E-state index contributed by atoms with van der Waals surface area (Å²) in [5.74, 6) is 0.867. The number of benzene rings is 2. The minimum absolute atomic E-state index is 0.332. The monoisotopic (exact) mass is 312 g/mol. The second kappa shape index (κ2) is 7.27. The first kappa shape index (κ1) is 14.9. The van der Waals surface area contributed by atoms with E-state index < -0.39 is 0 Å². The maximum Gasteiger partial charge on any atom is 0.175 e. The zero-order valence-electron chi connectivity index (χ0n) is 12.4. The molecule has 0 heterocycles. The van der Waals surface area contributed by atoms with Crippen LogP contribution in [0.3, 0.4) is 0 Å². The predicted molar refractivity (Wildman–Crippen MR) is 95.6 cm³/mol. The van der Waals surface area contributed by atoms with Crippen LogP contribution in [0, 0.1) is 0 Å². The Balaban J connectivity index is 1.65. The predicted octanol–water partition coefficient (Wildman–Crippen LogP) is 4.82. The molecule has 0 bridgehead atoms. The Kier molecular flexibility index (Phi) is 4.91. The van der Waals surface area contributed by atoms with Gasteiger partial charge < -0.3 is 15.4 Å². The van der Waals surface area contributed by atoms with Crippen molar-refractivity contribution >= 4 is 28.7 Å². The van der Waals surface area contributed by atoms with Crippen molar-refractivity contribution in [1.82, 2.24) is 0 Å². The van der Waals surface area contributed by atoms with Crippen molar-refractivity contribution in [3.05, 3.63) is 54.6 Å². The lowest BCUT2D eigenvalue weighted by atomic mass is 10.2. The number of rotatable bonds is 4. The average Bonchev–Trinajstić information content (AvgIpc) is 3.03. The maximum atomic E-state index is 6.11. The zero-order valence-corrected chi connectivity index (χ0v) is 13.2. The van der Waals surface area contributed by atoms with Crippen LogP contribution in [0.1, 0.15) is 25.7 Å². The summed E-state index contributed by atoms with van der Waals surface area (Å²) in [6.07, 6.45) is 5.13. The fourth-order valence-corrected chi connectivity index (χ4v) is 2.89. The quantitative estimate of drug-likeness (QED) is 0.793. The normalized spacial score (nSPS) is 14.5. The summed E-state index contributed by atoms with van der Waals surface area (Å²) >= 11 is 5.38. The molecule has 0 spiro atoms. The molecule has 0 aliphatic heterocycles. The number of hydrogen-bond acceptors (Lipinski definition) is 2. The van der Waals surface area contributed by atoms with E-state index in [2.05, 4.69) is 10.6 Å². The number of hydrogen-bond donors (Lipinski definition) is 2. The Morgan fingerprint density at radius 3 is 2.36 bits per heavy atom. The second-order valence-electron chi connectivity index (χ2n) is 5.47. The summed E-state index contributed by atoms with van der Waals surface area (Å²) in [7, 11) is 0. The van der Waals surface area contributed by atoms with Crippen LogP contribution in [0.15, 0.2) is 54.6 Å². The van der Waals surface area contributed by atoms with Crippen molar-refractivity contribution in [2.75, 3.05) is 10.6 Å². The van der Waals surface area contributed by atoms with E-state index in [1.807, 2.05) is 54.6 Å². The van der Waals surface area contributed by atoms with Gasteiger partial charge in [0.2, 0.25) is 0 Å². The molecule has 0 aromatic heterocycles. The number of thiocarbonyl (C=S) groups is 1. The first-order valence-electron chi connectivity index (χ1n) is 7.70. The van der Waals surface area contributed by atoms with Crippen LogP contribution >= 0.6 is 12.2 Å². The van der Waals surface area contributed by atoms with Crippen molar-refractivity contribution in [3.63, 3.8) is 0 Å². The van der Waals surface area contributed by atoms with Crippen LogP contribution in [0.25, 0.3) is 0 Å². The zero-order chi connectivity index (χ0) is 15.2. The van der Waals surface area contributed by atoms with E-state index in [0.717, 1.165) is 30.0 Å². The Labute approximate surface area is 136 Å². The van der Waals surface area contributed by atoms with Crippen LogP contribution in [0.2, 0.25) is 0 Å². The van der Waals surface area contributed by atoms with Crippen molar-refractivity contribution in [3.8, 4) is 5.75 Å². The van der Waals surface area contributed by atoms with Gasteiger partial charge in [-0.15, -0.1) is 0 Å². The summed E-state index contributed by atoms with van der Waals surface area (Å²) < 4.78 is 6.11. The van der Waals surface area contributed by atoms with Crippen LogP contribution < -0.4 is 15.4 Å². The van der Waals surface area contributed by atoms with E-state index in [1.54, 1.807) is 0 Å². The molecule has 22 heavy (non-hydrogen) atoms. The highest BCUT2D eigenvalue weighted by molar-refractivity contribution is 7.80. The first-order valence-corrected chi connectivity index (χ1v) is 8.11. The minimum Gasteiger partial charge on any atom is -0.488 e. The Morgan fingerprint density at radius 1 is 0.909 bits per heavy atom. The molecule has 0 radical (unpaired) electrons. The lowest BCUT2D eigenvalue weighted by Gasteiger charge is -2.18. The van der Waals surface area contributed by atoms with Crippen LogP contribution in [-0.2, 0) is 0 Å². The third kappa shape index (κ3) is 3.98. The Bertz CT molecular complexity index is 624. The molecule has 2 aromatic rings. The van der Waals surface area contributed by atoms with Gasteiger partial charge in [-0.3, -0.25) is 0 Å². The van der Waals surface area contributed by atoms with Crippen molar-refractivity contribution < 1.29 is 4.74 Å². The maximum absolute atomic E-state index is 6.11. The highest BCUT2D eigenvalue weighted by atomic mass is 32.1. The topological polar surface area (TPSA) is 33.3 Å². The van der Waals surface area contributed by atoms with Gasteiger partial charge >= 0.3 is 0 Å². The van der Waals surface area contributed by atoms with Crippen LogP contribution in [0.5, 0.6) is 5.75 Å². The Morgan fingerprint density at radius 2 is 1.59 bits per heavy atom. The summed E-state index contributed by atoms with van der Waals surface area (Å²) in [5, 5.41) is 6.97. The molecule has 4 heteroatoms. The van der Waals surface area contributed by atoms with Gasteiger partial charge in [-0.25, -0.2) is 0 Å². The molecule has 1 saturated carbocycles. The lowest BCUT2D eigenvalue weighted by molar-refractivity contribution is 0.211. The molecule has 2 N–H and O–H groups in total. The summed E-state index contributed by atoms with van der Waals surface area (Å²) in [5.41, 5.74) is 1.87. The van der Waals surface area contributed by atoms with Crippen molar-refractivity contribution in [2.45, 2.75) is 31.8 Å². The van der Waals surface area contributed by atoms with E-state index in [-0.39, 0.29) is 0 Å². The Hall–Kier alpha value is -2.07. The molecule has 0 atom stereocenters. The van der Waals surface area contributed by atoms with Gasteiger partial charge in [0.25, 0.3) is 0 Å². The third-order valence-electron chi connectivity index (χ3n) is 3.76. The summed E-state index contributed by atoms with van der Waals surface area (Å²) in [6.45, 7) is 0. The fourth-order valence-electron chi connectivity index (χ4n) is 2.66. The van der Waals surface area contributed by atoms with Crippen molar-refractivity contribution in [2.24, 2.45) is 0 Å². The smallest absolute Gasteiger partial charge is 0.175 e. The van der Waals surface area contributed by atoms with Gasteiger partial charge in [-0.1, -0.05) is 30.3 Å². The fraction of sp³-hybridized carbons (Fsp3) is 0.278. The first-order chi connectivity index (χ1) is 10.8. The minimum atomic E-state index is 0.332. The average molecular weight is 312 g/mol. The summed E-state index contributed by atoms with van der Waals surface area (Å²) in [4.78, 5) is 0.